The molecule has 2 saturated carbocycles. The Balaban J connectivity index is 1.89. The maximum atomic E-state index is 8.99. The SMILES string of the molecule is CC(CO)C1C2CCCCC21. The van der Waals surface area contributed by atoms with Crippen LogP contribution in [-0.4, -0.2) is 11.7 Å². The largest absolute Gasteiger partial charge is 0.396 e. The lowest BCUT2D eigenvalue weighted by atomic mass is 10.0. The minimum Gasteiger partial charge on any atom is -0.396 e. The second-order valence-electron chi connectivity index (χ2n) is 4.35. The van der Waals surface area contributed by atoms with E-state index in [4.69, 9.17) is 5.11 Å². The molecule has 0 spiro atoms. The van der Waals surface area contributed by atoms with Crippen molar-refractivity contribution in [2.45, 2.75) is 32.6 Å². The summed E-state index contributed by atoms with van der Waals surface area (Å²) in [6.07, 6.45) is 5.77. The number of hydrogen-bond donors (Lipinski definition) is 1. The predicted molar refractivity (Wildman–Crippen MR) is 45.2 cm³/mol. The molecule has 0 aromatic rings. The molecule has 64 valence electrons. The van der Waals surface area contributed by atoms with Crippen LogP contribution in [-0.2, 0) is 0 Å². The fraction of sp³-hybridized carbons (Fsp3) is 1.00. The van der Waals surface area contributed by atoms with E-state index in [1.165, 1.54) is 25.7 Å². The summed E-state index contributed by atoms with van der Waals surface area (Å²) in [5.74, 6) is 3.47. The molecular weight excluding hydrogens is 136 g/mol. The van der Waals surface area contributed by atoms with Crippen molar-refractivity contribution in [3.05, 3.63) is 0 Å². The van der Waals surface area contributed by atoms with E-state index >= 15 is 0 Å². The molecule has 2 fully saturated rings. The van der Waals surface area contributed by atoms with Gasteiger partial charge in [-0.25, -0.2) is 0 Å². The number of hydrogen-bond acceptors (Lipinski definition) is 1. The number of rotatable bonds is 2. The summed E-state index contributed by atoms with van der Waals surface area (Å²) < 4.78 is 0. The van der Waals surface area contributed by atoms with E-state index in [9.17, 15) is 0 Å². The highest BCUT2D eigenvalue weighted by molar-refractivity contribution is 5.00. The first-order valence-electron chi connectivity index (χ1n) is 4.95. The summed E-state index contributed by atoms with van der Waals surface area (Å²) in [7, 11) is 0. The Hall–Kier alpha value is -0.0400. The Bertz CT molecular complexity index is 132. The van der Waals surface area contributed by atoms with Crippen molar-refractivity contribution in [1.82, 2.24) is 0 Å². The predicted octanol–water partition coefficient (Wildman–Crippen LogP) is 2.05. The summed E-state index contributed by atoms with van der Waals surface area (Å²) in [5, 5.41) is 8.99. The zero-order chi connectivity index (χ0) is 7.84. The highest BCUT2D eigenvalue weighted by Crippen LogP contribution is 2.58. The van der Waals surface area contributed by atoms with E-state index in [0.29, 0.717) is 12.5 Å². The van der Waals surface area contributed by atoms with Gasteiger partial charge in [0.05, 0.1) is 0 Å². The van der Waals surface area contributed by atoms with E-state index in [1.54, 1.807) is 0 Å². The Kier molecular flexibility index (Phi) is 1.92. The van der Waals surface area contributed by atoms with Crippen LogP contribution in [0.4, 0.5) is 0 Å². The van der Waals surface area contributed by atoms with Gasteiger partial charge in [-0.1, -0.05) is 19.8 Å². The van der Waals surface area contributed by atoms with Crippen LogP contribution in [0.2, 0.25) is 0 Å². The zero-order valence-electron chi connectivity index (χ0n) is 7.29. The quantitative estimate of drug-likeness (QED) is 0.645. The lowest BCUT2D eigenvalue weighted by Gasteiger charge is -2.04. The number of fused-ring (bicyclic) bond motifs is 1. The first-order valence-corrected chi connectivity index (χ1v) is 4.95. The third kappa shape index (κ3) is 1.20. The van der Waals surface area contributed by atoms with E-state index in [1.807, 2.05) is 0 Å². The monoisotopic (exact) mass is 154 g/mol. The fourth-order valence-corrected chi connectivity index (χ4v) is 3.01. The third-order valence-corrected chi connectivity index (χ3v) is 3.67. The Morgan fingerprint density at radius 3 is 2.27 bits per heavy atom. The Morgan fingerprint density at radius 1 is 1.27 bits per heavy atom. The van der Waals surface area contributed by atoms with Gasteiger partial charge in [0.15, 0.2) is 0 Å². The summed E-state index contributed by atoms with van der Waals surface area (Å²) in [6.45, 7) is 2.60. The molecule has 1 heteroatoms. The maximum absolute atomic E-state index is 8.99. The van der Waals surface area contributed by atoms with E-state index in [-0.39, 0.29) is 0 Å². The standard InChI is InChI=1S/C10H18O/c1-7(6-11)10-8-4-2-3-5-9(8)10/h7-11H,2-6H2,1H3. The molecule has 2 aliphatic carbocycles. The summed E-state index contributed by atoms with van der Waals surface area (Å²) >= 11 is 0. The molecule has 2 rings (SSSR count). The van der Waals surface area contributed by atoms with E-state index in [0.717, 1.165) is 17.8 Å². The van der Waals surface area contributed by atoms with Crippen LogP contribution in [0.25, 0.3) is 0 Å². The summed E-state index contributed by atoms with van der Waals surface area (Å²) in [6, 6.07) is 0. The van der Waals surface area contributed by atoms with Gasteiger partial charge in [0, 0.05) is 6.61 Å². The Morgan fingerprint density at radius 2 is 1.82 bits per heavy atom. The second kappa shape index (κ2) is 2.78. The molecular formula is C10H18O. The topological polar surface area (TPSA) is 20.2 Å². The van der Waals surface area contributed by atoms with Crippen LogP contribution in [0.1, 0.15) is 32.6 Å². The van der Waals surface area contributed by atoms with Crippen LogP contribution in [0.15, 0.2) is 0 Å². The third-order valence-electron chi connectivity index (χ3n) is 3.67. The Labute approximate surface area is 68.8 Å². The van der Waals surface area contributed by atoms with Crippen LogP contribution in [0.3, 0.4) is 0 Å². The van der Waals surface area contributed by atoms with Crippen molar-refractivity contribution < 1.29 is 5.11 Å². The molecule has 3 unspecified atom stereocenters. The van der Waals surface area contributed by atoms with Gasteiger partial charge in [-0.3, -0.25) is 0 Å². The first kappa shape index (κ1) is 7.60. The molecule has 0 aromatic carbocycles. The van der Waals surface area contributed by atoms with Gasteiger partial charge in [0.25, 0.3) is 0 Å². The van der Waals surface area contributed by atoms with Crippen molar-refractivity contribution in [2.24, 2.45) is 23.7 Å². The van der Waals surface area contributed by atoms with E-state index < -0.39 is 0 Å². The van der Waals surface area contributed by atoms with Gasteiger partial charge >= 0.3 is 0 Å². The van der Waals surface area contributed by atoms with Crippen LogP contribution >= 0.6 is 0 Å². The maximum Gasteiger partial charge on any atom is 0.0459 e. The lowest BCUT2D eigenvalue weighted by Crippen LogP contribution is -2.04. The summed E-state index contributed by atoms with van der Waals surface area (Å²) in [4.78, 5) is 0. The zero-order valence-corrected chi connectivity index (χ0v) is 7.29. The molecule has 0 radical (unpaired) electrons. The lowest BCUT2D eigenvalue weighted by molar-refractivity contribution is 0.214. The van der Waals surface area contributed by atoms with Crippen molar-refractivity contribution in [1.29, 1.82) is 0 Å². The molecule has 1 N–H and O–H groups in total. The number of aliphatic hydroxyl groups excluding tert-OH is 1. The van der Waals surface area contributed by atoms with Crippen molar-refractivity contribution in [2.75, 3.05) is 6.61 Å². The average molecular weight is 154 g/mol. The molecule has 3 atom stereocenters. The van der Waals surface area contributed by atoms with Crippen LogP contribution < -0.4 is 0 Å². The first-order chi connectivity index (χ1) is 5.34. The smallest absolute Gasteiger partial charge is 0.0459 e. The molecule has 0 amide bonds. The molecule has 0 aliphatic heterocycles. The normalized spacial score (nSPS) is 44.7. The molecule has 0 heterocycles. The van der Waals surface area contributed by atoms with Crippen LogP contribution in [0.5, 0.6) is 0 Å². The molecule has 0 saturated heterocycles. The van der Waals surface area contributed by atoms with Gasteiger partial charge in [-0.2, -0.15) is 0 Å². The van der Waals surface area contributed by atoms with E-state index in [2.05, 4.69) is 6.92 Å². The van der Waals surface area contributed by atoms with Gasteiger partial charge in [0.2, 0.25) is 0 Å². The van der Waals surface area contributed by atoms with Crippen molar-refractivity contribution >= 4 is 0 Å². The number of aliphatic hydroxyl groups is 1. The molecule has 11 heavy (non-hydrogen) atoms. The van der Waals surface area contributed by atoms with Crippen molar-refractivity contribution in [3.8, 4) is 0 Å². The van der Waals surface area contributed by atoms with Gasteiger partial charge in [0.1, 0.15) is 0 Å². The molecule has 2 aliphatic rings. The van der Waals surface area contributed by atoms with Gasteiger partial charge in [-0.15, -0.1) is 0 Å². The molecule has 1 nitrogen and oxygen atoms in total. The van der Waals surface area contributed by atoms with Gasteiger partial charge in [-0.05, 0) is 36.5 Å². The fourth-order valence-electron chi connectivity index (χ4n) is 3.01. The average Bonchev–Trinajstić information content (AvgIpc) is 2.77. The van der Waals surface area contributed by atoms with Gasteiger partial charge < -0.3 is 5.11 Å². The molecule has 0 aromatic heterocycles. The van der Waals surface area contributed by atoms with Crippen LogP contribution in [0, 0.1) is 23.7 Å². The molecule has 0 bridgehead atoms. The minimum absolute atomic E-state index is 0.400. The second-order valence-corrected chi connectivity index (χ2v) is 4.35. The highest BCUT2D eigenvalue weighted by atomic mass is 16.3. The minimum atomic E-state index is 0.400. The highest BCUT2D eigenvalue weighted by Gasteiger charge is 2.52. The van der Waals surface area contributed by atoms with Crippen molar-refractivity contribution in [3.63, 3.8) is 0 Å². The summed E-state index contributed by atoms with van der Waals surface area (Å²) in [5.41, 5.74) is 0.